The molecule has 1 fully saturated rings. The summed E-state index contributed by atoms with van der Waals surface area (Å²) < 4.78 is 11.2. The minimum Gasteiger partial charge on any atom is -0.410 e. The van der Waals surface area contributed by atoms with Crippen LogP contribution in [0.4, 0.5) is 0 Å². The Morgan fingerprint density at radius 1 is 1.14 bits per heavy atom. The van der Waals surface area contributed by atoms with Crippen LogP contribution in [0.2, 0.25) is 0 Å². The lowest BCUT2D eigenvalue weighted by atomic mass is 9.79. The van der Waals surface area contributed by atoms with Crippen molar-refractivity contribution in [3.05, 3.63) is 35.9 Å². The lowest BCUT2D eigenvalue weighted by Gasteiger charge is -2.23. The summed E-state index contributed by atoms with van der Waals surface area (Å²) in [7, 11) is -0.147. The molecule has 1 saturated heterocycles. The van der Waals surface area contributed by atoms with E-state index in [1.807, 2.05) is 18.2 Å². The number of benzene rings is 1. The molecule has 0 aromatic heterocycles. The number of halogens is 1. The van der Waals surface area contributed by atoms with Crippen molar-refractivity contribution in [3.63, 3.8) is 0 Å². The highest BCUT2D eigenvalue weighted by Gasteiger charge is 2.31. The van der Waals surface area contributed by atoms with Gasteiger partial charge in [-0.15, -0.1) is 0 Å². The van der Waals surface area contributed by atoms with Crippen LogP contribution in [0.25, 0.3) is 0 Å². The second-order valence-corrected chi connectivity index (χ2v) is 4.26. The minimum absolute atomic E-state index is 0.129. The van der Waals surface area contributed by atoms with Gasteiger partial charge in [-0.25, -0.2) is 0 Å². The third kappa shape index (κ3) is 2.38. The molecule has 4 heteroatoms. The van der Waals surface area contributed by atoms with Crippen LogP contribution in [-0.4, -0.2) is 20.3 Å². The highest BCUT2D eigenvalue weighted by atomic mass is 79.9. The number of rotatable bonds is 2. The normalized spacial score (nSPS) is 19.4. The predicted molar refractivity (Wildman–Crippen MR) is 60.4 cm³/mol. The average Bonchev–Trinajstić information content (AvgIpc) is 2.30. The van der Waals surface area contributed by atoms with Crippen molar-refractivity contribution in [3.8, 4) is 0 Å². The molecular formula is C10H12BBrO2. The Bertz CT molecular complexity index is 275. The number of alkyl halides is 1. The van der Waals surface area contributed by atoms with Crippen molar-refractivity contribution in [2.75, 3.05) is 13.2 Å². The first kappa shape index (κ1) is 10.2. The van der Waals surface area contributed by atoms with Crippen molar-refractivity contribution in [1.82, 2.24) is 0 Å². The Balaban J connectivity index is 2.03. The van der Waals surface area contributed by atoms with Gasteiger partial charge in [0.1, 0.15) is 0 Å². The van der Waals surface area contributed by atoms with Crippen molar-refractivity contribution in [1.29, 1.82) is 0 Å². The van der Waals surface area contributed by atoms with Crippen molar-refractivity contribution in [2.45, 2.75) is 11.1 Å². The molecule has 1 heterocycles. The summed E-state index contributed by atoms with van der Waals surface area (Å²) in [6.07, 6.45) is 0.991. The lowest BCUT2D eigenvalue weighted by Crippen LogP contribution is -2.33. The first-order chi connectivity index (χ1) is 6.88. The second kappa shape index (κ2) is 4.96. The van der Waals surface area contributed by atoms with E-state index in [4.69, 9.17) is 9.31 Å². The SMILES string of the molecule is BrC(B1OCCCO1)c1ccccc1. The van der Waals surface area contributed by atoms with Gasteiger partial charge in [0.15, 0.2) is 0 Å². The van der Waals surface area contributed by atoms with Gasteiger partial charge in [-0.1, -0.05) is 46.3 Å². The van der Waals surface area contributed by atoms with Gasteiger partial charge in [0, 0.05) is 13.2 Å². The van der Waals surface area contributed by atoms with E-state index in [2.05, 4.69) is 28.1 Å². The molecule has 1 atom stereocenters. The summed E-state index contributed by atoms with van der Waals surface area (Å²) in [5.74, 6) is 0. The molecule has 0 N–H and O–H groups in total. The Hall–Kier alpha value is -0.315. The van der Waals surface area contributed by atoms with E-state index in [0.29, 0.717) is 0 Å². The van der Waals surface area contributed by atoms with Crippen molar-refractivity contribution < 1.29 is 9.31 Å². The molecule has 0 amide bonds. The van der Waals surface area contributed by atoms with E-state index in [1.165, 1.54) is 5.56 Å². The van der Waals surface area contributed by atoms with Gasteiger partial charge in [-0.3, -0.25) is 0 Å². The number of hydrogen-bond donors (Lipinski definition) is 0. The maximum atomic E-state index is 5.53. The fourth-order valence-corrected chi connectivity index (χ4v) is 2.08. The standard InChI is InChI=1S/C10H12BBrO2/c12-10(9-5-2-1-3-6-9)11-13-7-4-8-14-11/h1-3,5-6,10H,4,7-8H2. The van der Waals surface area contributed by atoms with Crippen LogP contribution in [-0.2, 0) is 9.31 Å². The Morgan fingerprint density at radius 2 is 1.79 bits per heavy atom. The molecule has 1 aromatic rings. The summed E-state index contributed by atoms with van der Waals surface area (Å²) in [6, 6.07) is 10.2. The Labute approximate surface area is 92.9 Å². The molecule has 74 valence electrons. The van der Waals surface area contributed by atoms with Crippen LogP contribution in [0.1, 0.15) is 16.7 Å². The molecule has 1 unspecified atom stereocenters. The summed E-state index contributed by atoms with van der Waals surface area (Å²) in [5, 5.41) is 0. The van der Waals surface area contributed by atoms with Gasteiger partial charge in [0.25, 0.3) is 0 Å². The van der Waals surface area contributed by atoms with Gasteiger partial charge >= 0.3 is 7.12 Å². The Morgan fingerprint density at radius 3 is 2.43 bits per heavy atom. The van der Waals surface area contributed by atoms with Gasteiger partial charge < -0.3 is 9.31 Å². The maximum Gasteiger partial charge on any atom is 0.476 e. The molecule has 0 saturated carbocycles. The molecule has 0 bridgehead atoms. The van der Waals surface area contributed by atoms with Crippen molar-refractivity contribution >= 4 is 23.0 Å². The van der Waals surface area contributed by atoms with Crippen LogP contribution in [0.5, 0.6) is 0 Å². The third-order valence-electron chi connectivity index (χ3n) is 2.21. The van der Waals surface area contributed by atoms with E-state index < -0.39 is 0 Å². The summed E-state index contributed by atoms with van der Waals surface area (Å²) in [6.45, 7) is 1.58. The first-order valence-electron chi connectivity index (χ1n) is 4.80. The molecule has 0 aliphatic carbocycles. The monoisotopic (exact) mass is 254 g/mol. The van der Waals surface area contributed by atoms with E-state index in [1.54, 1.807) is 0 Å². The van der Waals surface area contributed by atoms with E-state index in [0.717, 1.165) is 19.6 Å². The van der Waals surface area contributed by atoms with Crippen LogP contribution in [0.15, 0.2) is 30.3 Å². The second-order valence-electron chi connectivity index (χ2n) is 3.28. The van der Waals surface area contributed by atoms with Gasteiger partial charge in [-0.05, 0) is 12.0 Å². The van der Waals surface area contributed by atoms with Crippen LogP contribution in [0, 0.1) is 0 Å². The molecule has 1 aliphatic rings. The average molecular weight is 255 g/mol. The summed E-state index contributed by atoms with van der Waals surface area (Å²) in [4.78, 5) is 0. The molecular weight excluding hydrogens is 243 g/mol. The number of hydrogen-bond acceptors (Lipinski definition) is 2. The molecule has 14 heavy (non-hydrogen) atoms. The van der Waals surface area contributed by atoms with Gasteiger partial charge in [0.2, 0.25) is 0 Å². The summed E-state index contributed by atoms with van der Waals surface area (Å²) >= 11 is 3.60. The van der Waals surface area contributed by atoms with Gasteiger partial charge in [0.05, 0.1) is 4.73 Å². The molecule has 2 rings (SSSR count). The van der Waals surface area contributed by atoms with Crippen LogP contribution < -0.4 is 0 Å². The Kier molecular flexibility index (Phi) is 3.62. The smallest absolute Gasteiger partial charge is 0.410 e. The zero-order chi connectivity index (χ0) is 9.80. The lowest BCUT2D eigenvalue weighted by molar-refractivity contribution is 0.133. The fraction of sp³-hybridized carbons (Fsp3) is 0.400. The first-order valence-corrected chi connectivity index (χ1v) is 5.72. The minimum atomic E-state index is -0.147. The van der Waals surface area contributed by atoms with Crippen LogP contribution >= 0.6 is 15.9 Å². The molecule has 1 aromatic carbocycles. The molecule has 2 nitrogen and oxygen atoms in total. The van der Waals surface area contributed by atoms with E-state index in [9.17, 15) is 0 Å². The quantitative estimate of drug-likeness (QED) is 0.597. The molecule has 0 radical (unpaired) electrons. The largest absolute Gasteiger partial charge is 0.476 e. The van der Waals surface area contributed by atoms with E-state index in [-0.39, 0.29) is 11.8 Å². The topological polar surface area (TPSA) is 18.5 Å². The maximum absolute atomic E-state index is 5.53. The van der Waals surface area contributed by atoms with Crippen LogP contribution in [0.3, 0.4) is 0 Å². The van der Waals surface area contributed by atoms with E-state index >= 15 is 0 Å². The fourth-order valence-electron chi connectivity index (χ4n) is 1.47. The molecule has 1 aliphatic heterocycles. The molecule has 0 spiro atoms. The summed E-state index contributed by atoms with van der Waals surface area (Å²) in [5.41, 5.74) is 1.19. The highest BCUT2D eigenvalue weighted by Crippen LogP contribution is 2.27. The zero-order valence-corrected chi connectivity index (χ0v) is 9.44. The zero-order valence-electron chi connectivity index (χ0n) is 7.86. The van der Waals surface area contributed by atoms with Crippen molar-refractivity contribution in [2.24, 2.45) is 0 Å². The predicted octanol–water partition coefficient (Wildman–Crippen LogP) is 2.59. The van der Waals surface area contributed by atoms with Gasteiger partial charge in [-0.2, -0.15) is 0 Å². The highest BCUT2D eigenvalue weighted by molar-refractivity contribution is 9.09. The third-order valence-corrected chi connectivity index (χ3v) is 3.17.